The fourth-order valence-electron chi connectivity index (χ4n) is 13.6. The van der Waals surface area contributed by atoms with Gasteiger partial charge in [-0.25, -0.2) is 9.13 Å². The molecule has 19 heteroatoms. The van der Waals surface area contributed by atoms with E-state index in [0.717, 1.165) is 102 Å². The van der Waals surface area contributed by atoms with Gasteiger partial charge in [-0.05, 0) is 37.5 Å². The van der Waals surface area contributed by atoms with Crippen LogP contribution in [-0.2, 0) is 65.4 Å². The number of hydrogen-bond donors (Lipinski definition) is 3. The van der Waals surface area contributed by atoms with Crippen LogP contribution in [0, 0.1) is 11.8 Å². The van der Waals surface area contributed by atoms with Crippen LogP contribution in [0.4, 0.5) is 0 Å². The standard InChI is InChI=1S/C87H170O17P2/c1-7-9-11-13-15-17-18-19-20-21-22-23-24-25-30-36-41-47-53-59-65-71-87(92)104-83(76-98-85(90)70-64-58-52-46-40-35-31-26-28-33-38-44-49-55-61-67-79(3)4)78-102-106(95,96)100-74-81(88)73-99-105(93,94)101-77-82(75-97-84(89)69-63-57-51-43-16-14-12-10-8-2)103-86(91)72-66-60-54-48-42-37-32-27-29-34-39-45-50-56-62-68-80(5)6/h79-83,88H,7-78H2,1-6H3,(H,93,94)(H,95,96)/t81-,82+,83+/m0/s1. The van der Waals surface area contributed by atoms with Gasteiger partial charge in [0.2, 0.25) is 0 Å². The molecular weight excluding hydrogens is 1380 g/mol. The second kappa shape index (κ2) is 78.3. The third-order valence-corrected chi connectivity index (χ3v) is 22.4. The molecule has 0 aliphatic heterocycles. The monoisotopic (exact) mass is 1550 g/mol. The van der Waals surface area contributed by atoms with Crippen molar-refractivity contribution < 1.29 is 80.2 Å². The van der Waals surface area contributed by atoms with Gasteiger partial charge in [-0.3, -0.25) is 37.3 Å². The minimum atomic E-state index is -4.97. The zero-order valence-electron chi connectivity index (χ0n) is 69.7. The summed E-state index contributed by atoms with van der Waals surface area (Å²) in [6, 6.07) is 0. The zero-order chi connectivity index (χ0) is 77.8. The molecule has 0 aromatic heterocycles. The molecule has 0 amide bonds. The van der Waals surface area contributed by atoms with Crippen LogP contribution in [0.1, 0.15) is 465 Å². The molecule has 106 heavy (non-hydrogen) atoms. The lowest BCUT2D eigenvalue weighted by Gasteiger charge is -2.21. The number of phosphoric acid groups is 2. The lowest BCUT2D eigenvalue weighted by atomic mass is 10.0. The molecule has 0 spiro atoms. The van der Waals surface area contributed by atoms with E-state index in [-0.39, 0.29) is 25.7 Å². The van der Waals surface area contributed by atoms with E-state index in [2.05, 4.69) is 41.5 Å². The summed E-state index contributed by atoms with van der Waals surface area (Å²) in [6.07, 6.45) is 70.9. The highest BCUT2D eigenvalue weighted by Crippen LogP contribution is 2.45. The highest BCUT2D eigenvalue weighted by Gasteiger charge is 2.30. The predicted molar refractivity (Wildman–Crippen MR) is 437 cm³/mol. The number of carbonyl (C=O) groups is 4. The van der Waals surface area contributed by atoms with Crippen LogP contribution < -0.4 is 0 Å². The Kier molecular flexibility index (Phi) is 76.9. The topological polar surface area (TPSA) is 237 Å². The Balaban J connectivity index is 5.20. The molecule has 0 heterocycles. The second-order valence-electron chi connectivity index (χ2n) is 32.2. The molecule has 0 rings (SSSR count). The fraction of sp³-hybridized carbons (Fsp3) is 0.954. The van der Waals surface area contributed by atoms with E-state index >= 15 is 0 Å². The van der Waals surface area contributed by atoms with Gasteiger partial charge in [0.15, 0.2) is 12.2 Å². The van der Waals surface area contributed by atoms with Crippen molar-refractivity contribution in [3.05, 3.63) is 0 Å². The molecule has 3 N–H and O–H groups in total. The van der Waals surface area contributed by atoms with E-state index in [1.807, 2.05) is 0 Å². The smallest absolute Gasteiger partial charge is 0.462 e. The number of esters is 4. The van der Waals surface area contributed by atoms with Gasteiger partial charge in [-0.2, -0.15) is 0 Å². The Morgan fingerprint density at radius 1 is 0.255 bits per heavy atom. The maximum absolute atomic E-state index is 13.1. The van der Waals surface area contributed by atoms with Crippen molar-refractivity contribution in [2.45, 2.75) is 484 Å². The SMILES string of the molecule is CCCCCCCCCCCCCCCCCCCCCCCC(=O)O[C@H](COC(=O)CCCCCCCCCCCCCCCCCC(C)C)COP(=O)(O)OC[C@@H](O)COP(=O)(O)OC[C@@H](COC(=O)CCCCCCCCCCC)OC(=O)CCCCCCCCCCCCCCCCCC(C)C. The van der Waals surface area contributed by atoms with Crippen molar-refractivity contribution in [1.82, 2.24) is 0 Å². The molecule has 630 valence electrons. The number of hydrogen-bond acceptors (Lipinski definition) is 15. The first-order valence-electron chi connectivity index (χ1n) is 45.0. The molecule has 17 nitrogen and oxygen atoms in total. The number of phosphoric ester groups is 2. The minimum Gasteiger partial charge on any atom is -0.462 e. The van der Waals surface area contributed by atoms with Crippen LogP contribution >= 0.6 is 15.6 Å². The Bertz CT molecular complexity index is 2030. The van der Waals surface area contributed by atoms with Crippen molar-refractivity contribution in [3.63, 3.8) is 0 Å². The number of aliphatic hydroxyl groups is 1. The third kappa shape index (κ3) is 80.1. The zero-order valence-corrected chi connectivity index (χ0v) is 71.5. The summed E-state index contributed by atoms with van der Waals surface area (Å²) in [5, 5.41) is 10.7. The summed E-state index contributed by atoms with van der Waals surface area (Å²) in [5.74, 6) is -0.493. The first kappa shape index (κ1) is 104. The molecule has 0 aromatic carbocycles. The number of unbranched alkanes of at least 4 members (excludes halogenated alkanes) is 56. The Hall–Kier alpha value is -1.94. The van der Waals surface area contributed by atoms with Crippen molar-refractivity contribution in [2.75, 3.05) is 39.6 Å². The van der Waals surface area contributed by atoms with Crippen LogP contribution in [0.3, 0.4) is 0 Å². The van der Waals surface area contributed by atoms with Gasteiger partial charge >= 0.3 is 39.5 Å². The summed E-state index contributed by atoms with van der Waals surface area (Å²) in [6.45, 7) is 9.71. The molecular formula is C87H170O17P2. The van der Waals surface area contributed by atoms with Gasteiger partial charge in [-0.1, -0.05) is 414 Å². The summed E-state index contributed by atoms with van der Waals surface area (Å²) in [7, 11) is -9.93. The maximum atomic E-state index is 13.1. The third-order valence-electron chi connectivity index (χ3n) is 20.5. The van der Waals surface area contributed by atoms with E-state index in [0.29, 0.717) is 25.7 Å². The summed E-state index contributed by atoms with van der Waals surface area (Å²) in [5.41, 5.74) is 0. The van der Waals surface area contributed by atoms with E-state index < -0.39 is 97.5 Å². The second-order valence-corrected chi connectivity index (χ2v) is 35.1. The highest BCUT2D eigenvalue weighted by atomic mass is 31.2. The molecule has 0 radical (unpaired) electrons. The van der Waals surface area contributed by atoms with Crippen LogP contribution in [0.25, 0.3) is 0 Å². The molecule has 0 bridgehead atoms. The fourth-order valence-corrected chi connectivity index (χ4v) is 15.2. The predicted octanol–water partition coefficient (Wildman–Crippen LogP) is 26.6. The van der Waals surface area contributed by atoms with Crippen molar-refractivity contribution >= 4 is 39.5 Å². The average molecular weight is 1550 g/mol. The van der Waals surface area contributed by atoms with Crippen LogP contribution in [0.2, 0.25) is 0 Å². The highest BCUT2D eigenvalue weighted by molar-refractivity contribution is 7.47. The van der Waals surface area contributed by atoms with Gasteiger partial charge in [0.25, 0.3) is 0 Å². The van der Waals surface area contributed by atoms with E-state index in [1.165, 1.54) is 283 Å². The number of aliphatic hydroxyl groups excluding tert-OH is 1. The van der Waals surface area contributed by atoms with Crippen LogP contribution in [-0.4, -0.2) is 96.7 Å². The molecule has 0 saturated heterocycles. The number of rotatable bonds is 86. The average Bonchev–Trinajstić information content (AvgIpc) is 0.900. The first-order chi connectivity index (χ1) is 51.4. The first-order valence-corrected chi connectivity index (χ1v) is 48.0. The van der Waals surface area contributed by atoms with E-state index in [9.17, 15) is 43.2 Å². The quantitative estimate of drug-likeness (QED) is 0.0222. The summed E-state index contributed by atoms with van der Waals surface area (Å²) in [4.78, 5) is 73.2. The van der Waals surface area contributed by atoms with E-state index in [4.69, 9.17) is 37.0 Å². The van der Waals surface area contributed by atoms with Gasteiger partial charge in [0.1, 0.15) is 19.3 Å². The van der Waals surface area contributed by atoms with Gasteiger partial charge in [-0.15, -0.1) is 0 Å². The van der Waals surface area contributed by atoms with Crippen molar-refractivity contribution in [1.29, 1.82) is 0 Å². The van der Waals surface area contributed by atoms with Crippen molar-refractivity contribution in [3.8, 4) is 0 Å². The molecule has 0 aromatic rings. The maximum Gasteiger partial charge on any atom is 0.472 e. The Morgan fingerprint density at radius 3 is 0.642 bits per heavy atom. The molecule has 0 fully saturated rings. The lowest BCUT2D eigenvalue weighted by molar-refractivity contribution is -0.161. The van der Waals surface area contributed by atoms with Crippen LogP contribution in [0.15, 0.2) is 0 Å². The Morgan fingerprint density at radius 2 is 0.434 bits per heavy atom. The minimum absolute atomic E-state index is 0.108. The normalized spacial score (nSPS) is 13.8. The molecule has 0 aliphatic carbocycles. The van der Waals surface area contributed by atoms with Crippen LogP contribution in [0.5, 0.6) is 0 Å². The van der Waals surface area contributed by atoms with Gasteiger partial charge in [0.05, 0.1) is 26.4 Å². The van der Waals surface area contributed by atoms with E-state index in [1.54, 1.807) is 0 Å². The molecule has 2 unspecified atom stereocenters. The lowest BCUT2D eigenvalue weighted by Crippen LogP contribution is -2.30. The van der Waals surface area contributed by atoms with Gasteiger partial charge in [0, 0.05) is 25.7 Å². The number of carbonyl (C=O) groups excluding carboxylic acids is 4. The Labute approximate surface area is 651 Å². The molecule has 0 saturated carbocycles. The summed E-state index contributed by atoms with van der Waals surface area (Å²) >= 11 is 0. The number of ether oxygens (including phenoxy) is 4. The van der Waals surface area contributed by atoms with Crippen molar-refractivity contribution in [2.24, 2.45) is 11.8 Å². The summed E-state index contributed by atoms with van der Waals surface area (Å²) < 4.78 is 68.9. The molecule has 0 aliphatic rings. The molecule has 5 atom stereocenters. The largest absolute Gasteiger partial charge is 0.472 e. The van der Waals surface area contributed by atoms with Gasteiger partial charge < -0.3 is 33.8 Å².